The number of para-hydroxylation sites is 1. The van der Waals surface area contributed by atoms with Crippen LogP contribution in [0.5, 0.6) is 0 Å². The van der Waals surface area contributed by atoms with Gasteiger partial charge in [0.2, 0.25) is 0 Å². The summed E-state index contributed by atoms with van der Waals surface area (Å²) in [5.74, 6) is 0. The highest BCUT2D eigenvalue weighted by molar-refractivity contribution is 5.87. The van der Waals surface area contributed by atoms with E-state index in [2.05, 4.69) is 49.9 Å². The largest absolute Gasteiger partial charge is 0.398 e. The van der Waals surface area contributed by atoms with E-state index in [1.807, 2.05) is 18.2 Å². The molecule has 2 rings (SSSR count). The Morgan fingerprint density at radius 1 is 0.947 bits per heavy atom. The molecule has 100 valence electrons. The average molecular weight is 254 g/mol. The molecule has 2 N–H and O–H groups in total. The fourth-order valence-corrected chi connectivity index (χ4v) is 2.56. The zero-order valence-corrected chi connectivity index (χ0v) is 12.0. The maximum atomic E-state index is 6.15. The second-order valence-electron chi connectivity index (χ2n) is 4.73. The van der Waals surface area contributed by atoms with E-state index >= 15 is 0 Å². The maximum absolute atomic E-state index is 6.15. The molecular weight excluding hydrogens is 232 g/mol. The molecule has 0 spiro atoms. The number of hydrogen-bond acceptors (Lipinski definition) is 2. The van der Waals surface area contributed by atoms with Crippen LogP contribution in [-0.4, -0.2) is 13.1 Å². The highest BCUT2D eigenvalue weighted by Crippen LogP contribution is 2.36. The van der Waals surface area contributed by atoms with Crippen LogP contribution in [0.15, 0.2) is 42.5 Å². The van der Waals surface area contributed by atoms with Gasteiger partial charge in [-0.25, -0.2) is 0 Å². The van der Waals surface area contributed by atoms with E-state index in [9.17, 15) is 0 Å². The average Bonchev–Trinajstić information content (AvgIpc) is 2.42. The van der Waals surface area contributed by atoms with Crippen molar-refractivity contribution in [1.82, 2.24) is 0 Å². The van der Waals surface area contributed by atoms with E-state index in [1.54, 1.807) is 0 Å². The summed E-state index contributed by atoms with van der Waals surface area (Å²) in [5, 5.41) is 0. The quantitative estimate of drug-likeness (QED) is 0.833. The van der Waals surface area contributed by atoms with Gasteiger partial charge in [-0.15, -0.1) is 0 Å². The highest BCUT2D eigenvalue weighted by Gasteiger charge is 2.13. The Labute approximate surface area is 115 Å². The van der Waals surface area contributed by atoms with Crippen molar-refractivity contribution in [3.8, 4) is 11.1 Å². The summed E-state index contributed by atoms with van der Waals surface area (Å²) >= 11 is 0. The minimum Gasteiger partial charge on any atom is -0.398 e. The van der Waals surface area contributed by atoms with E-state index in [0.29, 0.717) is 0 Å². The fraction of sp³-hybridized carbons (Fsp3) is 0.294. The first-order valence-corrected chi connectivity index (χ1v) is 6.88. The molecule has 2 heteroatoms. The smallest absolute Gasteiger partial charge is 0.0449 e. The first-order valence-electron chi connectivity index (χ1n) is 6.88. The molecule has 0 aliphatic carbocycles. The van der Waals surface area contributed by atoms with Crippen molar-refractivity contribution in [3.63, 3.8) is 0 Å². The van der Waals surface area contributed by atoms with Gasteiger partial charge in [-0.1, -0.05) is 30.3 Å². The van der Waals surface area contributed by atoms with Crippen LogP contribution >= 0.6 is 0 Å². The van der Waals surface area contributed by atoms with E-state index in [4.69, 9.17) is 5.73 Å². The normalized spacial score (nSPS) is 10.5. The van der Waals surface area contributed by atoms with Crippen LogP contribution in [0.3, 0.4) is 0 Å². The summed E-state index contributed by atoms with van der Waals surface area (Å²) in [6, 6.07) is 14.5. The van der Waals surface area contributed by atoms with Crippen molar-refractivity contribution in [2.45, 2.75) is 20.8 Å². The Kier molecular flexibility index (Phi) is 4.10. The van der Waals surface area contributed by atoms with Gasteiger partial charge < -0.3 is 10.6 Å². The van der Waals surface area contributed by atoms with E-state index in [1.165, 1.54) is 16.8 Å². The molecule has 0 amide bonds. The monoisotopic (exact) mass is 254 g/mol. The van der Waals surface area contributed by atoms with Gasteiger partial charge in [0, 0.05) is 35.6 Å². The zero-order chi connectivity index (χ0) is 13.8. The minimum absolute atomic E-state index is 0.838. The van der Waals surface area contributed by atoms with Gasteiger partial charge in [-0.2, -0.15) is 0 Å². The van der Waals surface area contributed by atoms with Crippen molar-refractivity contribution in [1.29, 1.82) is 0 Å². The molecule has 0 aliphatic rings. The number of benzene rings is 2. The highest BCUT2D eigenvalue weighted by atomic mass is 15.1. The lowest BCUT2D eigenvalue weighted by Crippen LogP contribution is -2.22. The third-order valence-electron chi connectivity index (χ3n) is 3.59. The Morgan fingerprint density at radius 2 is 1.63 bits per heavy atom. The summed E-state index contributed by atoms with van der Waals surface area (Å²) in [4.78, 5) is 2.37. The lowest BCUT2D eigenvalue weighted by atomic mass is 9.96. The van der Waals surface area contributed by atoms with Crippen LogP contribution < -0.4 is 10.6 Å². The molecule has 0 heterocycles. The van der Waals surface area contributed by atoms with Crippen molar-refractivity contribution in [3.05, 3.63) is 48.0 Å². The summed E-state index contributed by atoms with van der Waals surface area (Å²) in [6.07, 6.45) is 0. The number of hydrogen-bond donors (Lipinski definition) is 1. The van der Waals surface area contributed by atoms with Gasteiger partial charge >= 0.3 is 0 Å². The zero-order valence-electron chi connectivity index (χ0n) is 12.0. The second kappa shape index (κ2) is 5.79. The van der Waals surface area contributed by atoms with Gasteiger partial charge in [-0.3, -0.25) is 0 Å². The van der Waals surface area contributed by atoms with Crippen LogP contribution in [0, 0.1) is 6.92 Å². The molecule has 0 bridgehead atoms. The lowest BCUT2D eigenvalue weighted by Gasteiger charge is -2.26. The number of nitrogens with two attached hydrogens (primary N) is 1. The Bertz CT molecular complexity index is 557. The molecule has 0 radical (unpaired) electrons. The molecule has 0 saturated carbocycles. The SMILES string of the molecule is CCN(CC)c1cccc(C)c1-c1ccccc1N. The van der Waals surface area contributed by atoms with Gasteiger partial charge in [-0.05, 0) is 38.5 Å². The molecule has 0 aromatic heterocycles. The molecule has 0 aliphatic heterocycles. The first-order chi connectivity index (χ1) is 9.19. The maximum Gasteiger partial charge on any atom is 0.0449 e. The summed E-state index contributed by atoms with van der Waals surface area (Å²) in [6.45, 7) is 8.52. The van der Waals surface area contributed by atoms with Crippen LogP contribution in [-0.2, 0) is 0 Å². The van der Waals surface area contributed by atoms with Crippen LogP contribution in [0.2, 0.25) is 0 Å². The molecule has 0 saturated heterocycles. The molecule has 2 nitrogen and oxygen atoms in total. The summed E-state index contributed by atoms with van der Waals surface area (Å²) in [7, 11) is 0. The van der Waals surface area contributed by atoms with Gasteiger partial charge in [0.15, 0.2) is 0 Å². The number of nitrogens with zero attached hydrogens (tertiary/aromatic N) is 1. The van der Waals surface area contributed by atoms with Crippen molar-refractivity contribution in [2.75, 3.05) is 23.7 Å². The van der Waals surface area contributed by atoms with Crippen molar-refractivity contribution in [2.24, 2.45) is 0 Å². The second-order valence-corrected chi connectivity index (χ2v) is 4.73. The van der Waals surface area contributed by atoms with Gasteiger partial charge in [0.25, 0.3) is 0 Å². The topological polar surface area (TPSA) is 29.3 Å². The number of nitrogen functional groups attached to an aromatic ring is 1. The van der Waals surface area contributed by atoms with Crippen molar-refractivity contribution >= 4 is 11.4 Å². The minimum atomic E-state index is 0.838. The van der Waals surface area contributed by atoms with E-state index in [-0.39, 0.29) is 0 Å². The number of rotatable bonds is 4. The molecule has 0 atom stereocenters. The van der Waals surface area contributed by atoms with E-state index in [0.717, 1.165) is 24.3 Å². The number of anilines is 2. The predicted molar refractivity (Wildman–Crippen MR) is 84.6 cm³/mol. The molecular formula is C17H22N2. The lowest BCUT2D eigenvalue weighted by molar-refractivity contribution is 0.867. The first kappa shape index (κ1) is 13.5. The molecule has 2 aromatic carbocycles. The van der Waals surface area contributed by atoms with Gasteiger partial charge in [0.1, 0.15) is 0 Å². The molecule has 0 fully saturated rings. The van der Waals surface area contributed by atoms with E-state index < -0.39 is 0 Å². The van der Waals surface area contributed by atoms with Gasteiger partial charge in [0.05, 0.1) is 0 Å². The Hall–Kier alpha value is -1.96. The molecule has 19 heavy (non-hydrogen) atoms. The third kappa shape index (κ3) is 2.58. The van der Waals surface area contributed by atoms with Crippen LogP contribution in [0.1, 0.15) is 19.4 Å². The fourth-order valence-electron chi connectivity index (χ4n) is 2.56. The summed E-state index contributed by atoms with van der Waals surface area (Å²) < 4.78 is 0. The molecule has 0 unspecified atom stereocenters. The molecule has 2 aromatic rings. The standard InChI is InChI=1S/C17H22N2/c1-4-19(5-2)16-12-8-9-13(3)17(16)14-10-6-7-11-15(14)18/h6-12H,4-5,18H2,1-3H3. The predicted octanol–water partition coefficient (Wildman–Crippen LogP) is 4.09. The van der Waals surface area contributed by atoms with Crippen LogP contribution in [0.4, 0.5) is 11.4 Å². The summed E-state index contributed by atoms with van der Waals surface area (Å²) in [5.41, 5.74) is 11.9. The third-order valence-corrected chi connectivity index (χ3v) is 3.59. The Morgan fingerprint density at radius 3 is 2.26 bits per heavy atom. The number of aryl methyl sites for hydroxylation is 1. The van der Waals surface area contributed by atoms with Crippen LogP contribution in [0.25, 0.3) is 11.1 Å². The Balaban J connectivity index is 2.65. The van der Waals surface area contributed by atoms with Crippen molar-refractivity contribution < 1.29 is 0 Å².